The zero-order chi connectivity index (χ0) is 11.3. The van der Waals surface area contributed by atoms with E-state index in [4.69, 9.17) is 0 Å². The second kappa shape index (κ2) is 6.08. The average molecular weight is 288 g/mol. The largest absolute Gasteiger partial charge is 0.350 e. The molecule has 1 heterocycles. The Morgan fingerprint density at radius 2 is 2.40 bits per heavy atom. The number of carbonyl (C=O) groups excluding carboxylic acids is 1. The third-order valence-corrected chi connectivity index (χ3v) is 3.58. The molecule has 1 atom stereocenters. The first-order valence-electron chi connectivity index (χ1n) is 4.85. The van der Waals surface area contributed by atoms with E-state index in [0.29, 0.717) is 0 Å². The average Bonchev–Trinajstić information content (AvgIpc) is 2.61. The Morgan fingerprint density at radius 1 is 1.67 bits per heavy atom. The lowest BCUT2D eigenvalue weighted by Gasteiger charge is -2.08. The van der Waals surface area contributed by atoms with Gasteiger partial charge in [-0.3, -0.25) is 4.79 Å². The maximum atomic E-state index is 11.4. The van der Waals surface area contributed by atoms with Gasteiger partial charge in [-0.2, -0.15) is 0 Å². The molecule has 15 heavy (non-hydrogen) atoms. The van der Waals surface area contributed by atoms with Crippen LogP contribution in [0.5, 0.6) is 0 Å². The minimum atomic E-state index is -0.0335. The fraction of sp³-hybridized carbons (Fsp3) is 0.364. The normalized spacial score (nSPS) is 13.0. The molecule has 0 saturated carbocycles. The Kier molecular flexibility index (Phi) is 5.05. The van der Waals surface area contributed by atoms with Gasteiger partial charge in [-0.05, 0) is 47.5 Å². The van der Waals surface area contributed by atoms with Crippen LogP contribution < -0.4 is 5.32 Å². The van der Waals surface area contributed by atoms with Crippen molar-refractivity contribution in [2.75, 3.05) is 0 Å². The van der Waals surface area contributed by atoms with E-state index >= 15 is 0 Å². The van der Waals surface area contributed by atoms with E-state index in [9.17, 15) is 4.79 Å². The van der Waals surface area contributed by atoms with Gasteiger partial charge >= 0.3 is 0 Å². The molecule has 1 amide bonds. The van der Waals surface area contributed by atoms with Crippen LogP contribution in [-0.4, -0.2) is 11.9 Å². The number of hydrogen-bond donors (Lipinski definition) is 1. The Balaban J connectivity index is 2.47. The zero-order valence-corrected chi connectivity index (χ0v) is 11.2. The summed E-state index contributed by atoms with van der Waals surface area (Å²) in [5, 5.41) is 2.87. The molecular weight excluding hydrogens is 274 g/mol. The molecule has 1 N–H and O–H groups in total. The Bertz CT molecular complexity index is 359. The molecule has 0 aliphatic carbocycles. The summed E-state index contributed by atoms with van der Waals surface area (Å²) in [6.07, 6.45) is 4.35. The SMILES string of the molecule is CCC(C)NC(=O)/C=C/c1ccc(Br)s1. The predicted molar refractivity (Wildman–Crippen MR) is 68.9 cm³/mol. The second-order valence-corrected chi connectivity index (χ2v) is 5.79. The van der Waals surface area contributed by atoms with Gasteiger partial charge in [0.15, 0.2) is 0 Å². The first-order chi connectivity index (χ1) is 7.11. The molecule has 0 aliphatic rings. The van der Waals surface area contributed by atoms with Crippen molar-refractivity contribution in [3.8, 4) is 0 Å². The lowest BCUT2D eigenvalue weighted by atomic mass is 10.2. The molecule has 1 unspecified atom stereocenters. The molecule has 2 nitrogen and oxygen atoms in total. The highest BCUT2D eigenvalue weighted by Gasteiger charge is 2.01. The Labute approximate surface area is 103 Å². The monoisotopic (exact) mass is 287 g/mol. The number of halogens is 1. The summed E-state index contributed by atoms with van der Waals surface area (Å²) in [6, 6.07) is 4.18. The number of thiophene rings is 1. The number of carbonyl (C=O) groups is 1. The first-order valence-corrected chi connectivity index (χ1v) is 6.46. The molecule has 1 aromatic rings. The topological polar surface area (TPSA) is 29.1 Å². The minimum absolute atomic E-state index is 0.0335. The standard InChI is InChI=1S/C11H14BrNOS/c1-3-8(2)13-11(14)7-5-9-4-6-10(12)15-9/h4-8H,3H2,1-2H3,(H,13,14)/b7-5+. The van der Waals surface area contributed by atoms with E-state index in [1.807, 2.05) is 32.1 Å². The van der Waals surface area contributed by atoms with Gasteiger partial charge in [0.1, 0.15) is 0 Å². The van der Waals surface area contributed by atoms with Gasteiger partial charge in [0.25, 0.3) is 0 Å². The number of rotatable bonds is 4. The van der Waals surface area contributed by atoms with Gasteiger partial charge in [-0.1, -0.05) is 6.92 Å². The quantitative estimate of drug-likeness (QED) is 0.845. The summed E-state index contributed by atoms with van der Waals surface area (Å²) in [5.41, 5.74) is 0. The highest BCUT2D eigenvalue weighted by Crippen LogP contribution is 2.22. The van der Waals surface area contributed by atoms with Crippen LogP contribution in [0.1, 0.15) is 25.1 Å². The zero-order valence-electron chi connectivity index (χ0n) is 8.79. The van der Waals surface area contributed by atoms with Gasteiger partial charge < -0.3 is 5.32 Å². The van der Waals surface area contributed by atoms with Crippen LogP contribution in [0.25, 0.3) is 6.08 Å². The maximum absolute atomic E-state index is 11.4. The molecule has 0 spiro atoms. The number of amides is 1. The molecule has 4 heteroatoms. The third kappa shape index (κ3) is 4.62. The van der Waals surface area contributed by atoms with Gasteiger partial charge in [-0.15, -0.1) is 11.3 Å². The maximum Gasteiger partial charge on any atom is 0.244 e. The van der Waals surface area contributed by atoms with E-state index in [-0.39, 0.29) is 11.9 Å². The van der Waals surface area contributed by atoms with Crippen LogP contribution in [0.4, 0.5) is 0 Å². The summed E-state index contributed by atoms with van der Waals surface area (Å²) in [7, 11) is 0. The third-order valence-electron chi connectivity index (χ3n) is 1.99. The summed E-state index contributed by atoms with van der Waals surface area (Å²) < 4.78 is 1.07. The van der Waals surface area contributed by atoms with Gasteiger partial charge in [-0.25, -0.2) is 0 Å². The predicted octanol–water partition coefficient (Wildman–Crippen LogP) is 3.44. The van der Waals surface area contributed by atoms with Crippen LogP contribution >= 0.6 is 27.3 Å². The smallest absolute Gasteiger partial charge is 0.244 e. The van der Waals surface area contributed by atoms with Gasteiger partial charge in [0.2, 0.25) is 5.91 Å². The lowest BCUT2D eigenvalue weighted by molar-refractivity contribution is -0.117. The first kappa shape index (κ1) is 12.5. The molecule has 0 fully saturated rings. The van der Waals surface area contributed by atoms with Crippen LogP contribution in [0.2, 0.25) is 0 Å². The molecule has 0 aliphatic heterocycles. The van der Waals surface area contributed by atoms with Crippen LogP contribution in [0.3, 0.4) is 0 Å². The molecular formula is C11H14BrNOS. The van der Waals surface area contributed by atoms with Crippen molar-refractivity contribution in [2.24, 2.45) is 0 Å². The molecule has 82 valence electrons. The van der Waals surface area contributed by atoms with Crippen molar-refractivity contribution in [1.29, 1.82) is 0 Å². The molecule has 0 saturated heterocycles. The van der Waals surface area contributed by atoms with E-state index in [1.54, 1.807) is 17.4 Å². The summed E-state index contributed by atoms with van der Waals surface area (Å²) in [4.78, 5) is 12.5. The summed E-state index contributed by atoms with van der Waals surface area (Å²) in [5.74, 6) is -0.0335. The number of nitrogens with one attached hydrogen (secondary N) is 1. The van der Waals surface area contributed by atoms with Crippen LogP contribution in [0, 0.1) is 0 Å². The second-order valence-electron chi connectivity index (χ2n) is 3.29. The molecule has 0 aromatic carbocycles. The van der Waals surface area contributed by atoms with E-state index in [0.717, 1.165) is 15.1 Å². The van der Waals surface area contributed by atoms with Crippen molar-refractivity contribution < 1.29 is 4.79 Å². The minimum Gasteiger partial charge on any atom is -0.350 e. The van der Waals surface area contributed by atoms with Crippen molar-refractivity contribution in [3.05, 3.63) is 26.9 Å². The Hall–Kier alpha value is -0.610. The Morgan fingerprint density at radius 3 is 2.93 bits per heavy atom. The van der Waals surface area contributed by atoms with Crippen molar-refractivity contribution in [3.63, 3.8) is 0 Å². The lowest BCUT2D eigenvalue weighted by Crippen LogP contribution is -2.30. The van der Waals surface area contributed by atoms with Gasteiger partial charge in [0, 0.05) is 17.0 Å². The summed E-state index contributed by atoms with van der Waals surface area (Å²) in [6.45, 7) is 4.04. The molecule has 1 aromatic heterocycles. The fourth-order valence-electron chi connectivity index (χ4n) is 0.969. The molecule has 1 rings (SSSR count). The number of hydrogen-bond acceptors (Lipinski definition) is 2. The fourth-order valence-corrected chi connectivity index (χ4v) is 2.30. The van der Waals surface area contributed by atoms with E-state index < -0.39 is 0 Å². The van der Waals surface area contributed by atoms with Crippen molar-refractivity contribution in [2.45, 2.75) is 26.3 Å². The van der Waals surface area contributed by atoms with E-state index in [2.05, 4.69) is 21.2 Å². The van der Waals surface area contributed by atoms with Crippen LogP contribution in [-0.2, 0) is 4.79 Å². The van der Waals surface area contributed by atoms with Crippen molar-refractivity contribution >= 4 is 39.2 Å². The van der Waals surface area contributed by atoms with Crippen LogP contribution in [0.15, 0.2) is 22.0 Å². The molecule has 0 bridgehead atoms. The van der Waals surface area contributed by atoms with Gasteiger partial charge in [0.05, 0.1) is 3.79 Å². The van der Waals surface area contributed by atoms with Crippen molar-refractivity contribution in [1.82, 2.24) is 5.32 Å². The molecule has 0 radical (unpaired) electrons. The highest BCUT2D eigenvalue weighted by atomic mass is 79.9. The summed E-state index contributed by atoms with van der Waals surface area (Å²) >= 11 is 4.98. The highest BCUT2D eigenvalue weighted by molar-refractivity contribution is 9.11. The van der Waals surface area contributed by atoms with E-state index in [1.165, 1.54) is 0 Å².